The SMILES string of the molecule is CNCC(C)C(=O)Nc1ccnn1Cc1cccc(Br)c1. The fraction of sp³-hybridized carbons (Fsp3) is 0.333. The number of carbonyl (C=O) groups excluding carboxylic acids is 1. The lowest BCUT2D eigenvalue weighted by molar-refractivity contribution is -0.119. The van der Waals surface area contributed by atoms with Gasteiger partial charge in [0.05, 0.1) is 12.7 Å². The Bertz CT molecular complexity index is 611. The second kappa shape index (κ2) is 7.38. The molecule has 1 aromatic heterocycles. The zero-order chi connectivity index (χ0) is 15.2. The Morgan fingerprint density at radius 2 is 2.24 bits per heavy atom. The van der Waals surface area contributed by atoms with Crippen molar-refractivity contribution in [2.24, 2.45) is 5.92 Å². The van der Waals surface area contributed by atoms with Gasteiger partial charge in [0.15, 0.2) is 0 Å². The summed E-state index contributed by atoms with van der Waals surface area (Å²) >= 11 is 3.46. The highest BCUT2D eigenvalue weighted by Gasteiger charge is 2.14. The fourth-order valence-electron chi connectivity index (χ4n) is 2.02. The molecule has 0 fully saturated rings. The number of hydrogen-bond donors (Lipinski definition) is 2. The lowest BCUT2D eigenvalue weighted by Gasteiger charge is -2.13. The monoisotopic (exact) mass is 350 g/mol. The van der Waals surface area contributed by atoms with Crippen molar-refractivity contribution in [3.8, 4) is 0 Å². The van der Waals surface area contributed by atoms with E-state index >= 15 is 0 Å². The van der Waals surface area contributed by atoms with Crippen LogP contribution >= 0.6 is 15.9 Å². The minimum absolute atomic E-state index is 0.0136. The Labute approximate surface area is 132 Å². The second-order valence-electron chi connectivity index (χ2n) is 4.95. The van der Waals surface area contributed by atoms with Crippen LogP contribution in [0.25, 0.3) is 0 Å². The third-order valence-electron chi connectivity index (χ3n) is 3.15. The van der Waals surface area contributed by atoms with E-state index in [2.05, 4.69) is 31.7 Å². The molecule has 2 N–H and O–H groups in total. The minimum atomic E-state index is -0.0933. The number of carbonyl (C=O) groups is 1. The molecule has 112 valence electrons. The smallest absolute Gasteiger partial charge is 0.229 e. The zero-order valence-electron chi connectivity index (χ0n) is 12.1. The molecule has 1 unspecified atom stereocenters. The van der Waals surface area contributed by atoms with E-state index < -0.39 is 0 Å². The maximum atomic E-state index is 12.1. The summed E-state index contributed by atoms with van der Waals surface area (Å²) in [6.45, 7) is 3.15. The molecule has 21 heavy (non-hydrogen) atoms. The third kappa shape index (κ3) is 4.41. The molecule has 0 aliphatic heterocycles. The molecule has 2 aromatic rings. The normalized spacial score (nSPS) is 12.1. The molecule has 0 aliphatic rings. The van der Waals surface area contributed by atoms with Gasteiger partial charge in [0.1, 0.15) is 5.82 Å². The first-order valence-electron chi connectivity index (χ1n) is 6.82. The Kier molecular flexibility index (Phi) is 5.52. The molecule has 1 atom stereocenters. The van der Waals surface area contributed by atoms with Crippen LogP contribution in [0.1, 0.15) is 12.5 Å². The number of hydrogen-bond acceptors (Lipinski definition) is 3. The van der Waals surface area contributed by atoms with Crippen LogP contribution in [0.3, 0.4) is 0 Å². The average molecular weight is 351 g/mol. The molecular weight excluding hydrogens is 332 g/mol. The van der Waals surface area contributed by atoms with Gasteiger partial charge in [0.25, 0.3) is 0 Å². The number of nitrogens with zero attached hydrogens (tertiary/aromatic N) is 2. The Balaban J connectivity index is 2.06. The Hall–Kier alpha value is -1.66. The first-order valence-corrected chi connectivity index (χ1v) is 7.61. The second-order valence-corrected chi connectivity index (χ2v) is 5.87. The first kappa shape index (κ1) is 15.7. The average Bonchev–Trinajstić information content (AvgIpc) is 2.86. The number of anilines is 1. The quantitative estimate of drug-likeness (QED) is 0.841. The highest BCUT2D eigenvalue weighted by molar-refractivity contribution is 9.10. The van der Waals surface area contributed by atoms with Crippen molar-refractivity contribution in [2.75, 3.05) is 18.9 Å². The molecule has 1 amide bonds. The van der Waals surface area contributed by atoms with Crippen LogP contribution in [0.2, 0.25) is 0 Å². The zero-order valence-corrected chi connectivity index (χ0v) is 13.7. The Morgan fingerprint density at radius 1 is 1.43 bits per heavy atom. The van der Waals surface area contributed by atoms with Crippen molar-refractivity contribution in [2.45, 2.75) is 13.5 Å². The molecule has 5 nitrogen and oxygen atoms in total. The van der Waals surface area contributed by atoms with Crippen molar-refractivity contribution in [1.29, 1.82) is 0 Å². The van der Waals surface area contributed by atoms with Gasteiger partial charge in [-0.1, -0.05) is 35.0 Å². The first-order chi connectivity index (χ1) is 10.1. The standard InChI is InChI=1S/C15H19BrN4O/c1-11(9-17-2)15(21)19-14-6-7-18-20(14)10-12-4-3-5-13(16)8-12/h3-8,11,17H,9-10H2,1-2H3,(H,19,21). The van der Waals surface area contributed by atoms with Crippen molar-refractivity contribution in [3.05, 3.63) is 46.6 Å². The van der Waals surface area contributed by atoms with Gasteiger partial charge >= 0.3 is 0 Å². The molecule has 2 rings (SSSR count). The van der Waals surface area contributed by atoms with E-state index in [-0.39, 0.29) is 11.8 Å². The van der Waals surface area contributed by atoms with Gasteiger partial charge in [0.2, 0.25) is 5.91 Å². The molecule has 0 saturated carbocycles. The van der Waals surface area contributed by atoms with Gasteiger partial charge in [-0.2, -0.15) is 5.10 Å². The van der Waals surface area contributed by atoms with Crippen molar-refractivity contribution < 1.29 is 4.79 Å². The van der Waals surface area contributed by atoms with Gasteiger partial charge < -0.3 is 10.6 Å². The van der Waals surface area contributed by atoms with Gasteiger partial charge in [-0.3, -0.25) is 4.79 Å². The van der Waals surface area contributed by atoms with Crippen LogP contribution in [0.15, 0.2) is 41.0 Å². The lowest BCUT2D eigenvalue weighted by Crippen LogP contribution is -2.29. The number of aromatic nitrogens is 2. The van der Waals surface area contributed by atoms with Crippen LogP contribution in [0.5, 0.6) is 0 Å². The molecule has 0 bridgehead atoms. The summed E-state index contributed by atoms with van der Waals surface area (Å²) in [6.07, 6.45) is 1.69. The van der Waals surface area contributed by atoms with Gasteiger partial charge in [-0.05, 0) is 24.7 Å². The van der Waals surface area contributed by atoms with Gasteiger partial charge in [-0.15, -0.1) is 0 Å². The summed E-state index contributed by atoms with van der Waals surface area (Å²) in [7, 11) is 1.83. The molecule has 0 spiro atoms. The summed E-state index contributed by atoms with van der Waals surface area (Å²) in [5.41, 5.74) is 1.12. The third-order valence-corrected chi connectivity index (χ3v) is 3.64. The van der Waals surface area contributed by atoms with E-state index in [0.29, 0.717) is 18.9 Å². The van der Waals surface area contributed by atoms with E-state index in [1.807, 2.05) is 44.3 Å². The van der Waals surface area contributed by atoms with Gasteiger partial charge in [-0.25, -0.2) is 4.68 Å². The highest BCUT2D eigenvalue weighted by atomic mass is 79.9. The number of halogens is 1. The molecular formula is C15H19BrN4O. The highest BCUT2D eigenvalue weighted by Crippen LogP contribution is 2.15. The molecule has 1 aromatic carbocycles. The van der Waals surface area contributed by atoms with E-state index in [1.165, 1.54) is 0 Å². The van der Waals surface area contributed by atoms with Crippen molar-refractivity contribution in [3.63, 3.8) is 0 Å². The predicted molar refractivity (Wildman–Crippen MR) is 87.2 cm³/mol. The molecule has 0 aliphatic carbocycles. The van der Waals surface area contributed by atoms with E-state index in [9.17, 15) is 4.79 Å². The minimum Gasteiger partial charge on any atom is -0.319 e. The molecule has 1 heterocycles. The van der Waals surface area contributed by atoms with Gasteiger partial charge in [0, 0.05) is 23.0 Å². The fourth-order valence-corrected chi connectivity index (χ4v) is 2.47. The summed E-state index contributed by atoms with van der Waals surface area (Å²) in [6, 6.07) is 9.84. The Morgan fingerprint density at radius 3 is 2.95 bits per heavy atom. The summed E-state index contributed by atoms with van der Waals surface area (Å²) in [5.74, 6) is 0.604. The predicted octanol–water partition coefficient (Wildman–Crippen LogP) is 2.49. The maximum absolute atomic E-state index is 12.1. The molecule has 0 radical (unpaired) electrons. The largest absolute Gasteiger partial charge is 0.319 e. The van der Waals surface area contributed by atoms with Crippen LogP contribution in [0, 0.1) is 5.92 Å². The number of nitrogens with one attached hydrogen (secondary N) is 2. The van der Waals surface area contributed by atoms with Crippen LogP contribution in [-0.4, -0.2) is 29.3 Å². The van der Waals surface area contributed by atoms with Crippen molar-refractivity contribution in [1.82, 2.24) is 15.1 Å². The lowest BCUT2D eigenvalue weighted by atomic mass is 10.1. The van der Waals surface area contributed by atoms with Crippen LogP contribution in [0.4, 0.5) is 5.82 Å². The van der Waals surface area contributed by atoms with Crippen molar-refractivity contribution >= 4 is 27.7 Å². The summed E-state index contributed by atoms with van der Waals surface area (Å²) in [4.78, 5) is 12.1. The van der Waals surface area contributed by atoms with Crippen LogP contribution < -0.4 is 10.6 Å². The summed E-state index contributed by atoms with van der Waals surface area (Å²) < 4.78 is 2.81. The maximum Gasteiger partial charge on any atom is 0.229 e. The molecule has 6 heteroatoms. The summed E-state index contributed by atoms with van der Waals surface area (Å²) in [5, 5.41) is 10.2. The number of amides is 1. The topological polar surface area (TPSA) is 59.0 Å². The number of benzene rings is 1. The van der Waals surface area contributed by atoms with E-state index in [0.717, 1.165) is 10.0 Å². The number of rotatable bonds is 6. The van der Waals surface area contributed by atoms with E-state index in [1.54, 1.807) is 10.9 Å². The molecule has 0 saturated heterocycles. The van der Waals surface area contributed by atoms with Crippen LogP contribution in [-0.2, 0) is 11.3 Å². The van der Waals surface area contributed by atoms with E-state index in [4.69, 9.17) is 0 Å².